The van der Waals surface area contributed by atoms with Gasteiger partial charge in [-0.1, -0.05) is 12.1 Å². The van der Waals surface area contributed by atoms with E-state index in [1.165, 1.54) is 11.3 Å². The van der Waals surface area contributed by atoms with Crippen LogP contribution in [0.3, 0.4) is 0 Å². The summed E-state index contributed by atoms with van der Waals surface area (Å²) in [6, 6.07) is 8.43. The number of benzene rings is 1. The summed E-state index contributed by atoms with van der Waals surface area (Å²) in [6.07, 6.45) is 1.06. The Bertz CT molecular complexity index is 639. The van der Waals surface area contributed by atoms with E-state index >= 15 is 0 Å². The maximum absolute atomic E-state index is 12.0. The van der Waals surface area contributed by atoms with Crippen molar-refractivity contribution in [3.8, 4) is 0 Å². The molecule has 0 spiro atoms. The molecule has 1 heterocycles. The van der Waals surface area contributed by atoms with Crippen LogP contribution < -0.4 is 10.2 Å². The van der Waals surface area contributed by atoms with Crippen LogP contribution in [0.15, 0.2) is 29.3 Å². The number of amides is 1. The lowest BCUT2D eigenvalue weighted by Gasteiger charge is -2.24. The normalized spacial score (nSPS) is 16.9. The molecular weight excluding hydrogens is 342 g/mol. The zero-order chi connectivity index (χ0) is 19.8. The molecule has 0 radical (unpaired) electrons. The average molecular weight is 376 g/mol. The van der Waals surface area contributed by atoms with Crippen LogP contribution in [0.5, 0.6) is 0 Å². The fourth-order valence-electron chi connectivity index (χ4n) is 2.86. The monoisotopic (exact) mass is 375 g/mol. The molecule has 1 aliphatic heterocycles. The molecule has 0 saturated carbocycles. The Morgan fingerprint density at radius 3 is 2.67 bits per heavy atom. The molecule has 1 atom stereocenters. The average Bonchev–Trinajstić information content (AvgIpc) is 3.15. The smallest absolute Gasteiger partial charge is 0.243 e. The molecule has 7 heteroatoms. The number of rotatable bonds is 7. The molecule has 2 rings (SSSR count). The van der Waals surface area contributed by atoms with Gasteiger partial charge in [-0.15, -0.1) is 0 Å². The van der Waals surface area contributed by atoms with Crippen LogP contribution in [0.1, 0.15) is 12.0 Å². The molecule has 1 aliphatic rings. The van der Waals surface area contributed by atoms with Crippen molar-refractivity contribution in [1.29, 1.82) is 0 Å². The van der Waals surface area contributed by atoms with Crippen LogP contribution in [0.25, 0.3) is 0 Å². The molecule has 1 unspecified atom stereocenters. The number of likely N-dealkylation sites (N-methyl/N-ethyl adjacent to an activating group) is 1. The molecule has 7 nitrogen and oxygen atoms in total. The van der Waals surface area contributed by atoms with E-state index in [1.54, 1.807) is 19.0 Å². The number of anilines is 1. The van der Waals surface area contributed by atoms with Crippen molar-refractivity contribution >= 4 is 17.6 Å². The molecule has 150 valence electrons. The van der Waals surface area contributed by atoms with Gasteiger partial charge in [0.1, 0.15) is 6.54 Å². The van der Waals surface area contributed by atoms with Crippen molar-refractivity contribution in [2.24, 2.45) is 10.9 Å². The maximum atomic E-state index is 12.0. The van der Waals surface area contributed by atoms with Gasteiger partial charge in [0.15, 0.2) is 5.96 Å². The number of hydrogen-bond donors (Lipinski definition) is 1. The summed E-state index contributed by atoms with van der Waals surface area (Å²) in [6.45, 7) is 3.26. The van der Waals surface area contributed by atoms with Gasteiger partial charge in [-0.2, -0.15) is 0 Å². The number of ether oxygens (including phenoxy) is 1. The first kappa shape index (κ1) is 21.0. The largest absolute Gasteiger partial charge is 0.381 e. The molecule has 1 fully saturated rings. The molecule has 1 aromatic rings. The molecule has 1 N–H and O–H groups in total. The first-order valence-electron chi connectivity index (χ1n) is 9.40. The number of carbonyl (C=O) groups is 1. The predicted octanol–water partition coefficient (Wildman–Crippen LogP) is 1.25. The number of carbonyl (C=O) groups excluding carboxylic acids is 1. The van der Waals surface area contributed by atoms with Gasteiger partial charge >= 0.3 is 0 Å². The third kappa shape index (κ3) is 6.75. The van der Waals surface area contributed by atoms with Gasteiger partial charge in [0.05, 0.1) is 6.61 Å². The van der Waals surface area contributed by atoms with Crippen LogP contribution in [-0.2, 0) is 16.1 Å². The van der Waals surface area contributed by atoms with E-state index in [0.29, 0.717) is 12.5 Å². The van der Waals surface area contributed by atoms with Gasteiger partial charge in [0, 0.05) is 66.5 Å². The zero-order valence-electron chi connectivity index (χ0n) is 17.2. The van der Waals surface area contributed by atoms with Crippen molar-refractivity contribution in [3.63, 3.8) is 0 Å². The highest BCUT2D eigenvalue weighted by Crippen LogP contribution is 2.15. The van der Waals surface area contributed by atoms with E-state index in [1.807, 2.05) is 21.1 Å². The molecule has 0 bridgehead atoms. The highest BCUT2D eigenvalue weighted by Gasteiger charge is 2.17. The Hall–Kier alpha value is -2.28. The van der Waals surface area contributed by atoms with Gasteiger partial charge in [-0.05, 0) is 24.1 Å². The second-order valence-corrected chi connectivity index (χ2v) is 7.46. The molecular formula is C20H33N5O2. The third-order valence-corrected chi connectivity index (χ3v) is 4.64. The maximum Gasteiger partial charge on any atom is 0.243 e. The van der Waals surface area contributed by atoms with Crippen LogP contribution in [-0.4, -0.2) is 83.2 Å². The number of guanidine groups is 1. The Labute approximate surface area is 163 Å². The quantitative estimate of drug-likeness (QED) is 0.574. The predicted molar refractivity (Wildman–Crippen MR) is 110 cm³/mol. The van der Waals surface area contributed by atoms with Gasteiger partial charge in [0.25, 0.3) is 0 Å². The zero-order valence-corrected chi connectivity index (χ0v) is 17.2. The summed E-state index contributed by atoms with van der Waals surface area (Å²) < 4.78 is 5.45. The summed E-state index contributed by atoms with van der Waals surface area (Å²) in [5.41, 5.74) is 2.36. The van der Waals surface area contributed by atoms with Crippen molar-refractivity contribution in [1.82, 2.24) is 15.1 Å². The second-order valence-electron chi connectivity index (χ2n) is 7.46. The van der Waals surface area contributed by atoms with Crippen molar-refractivity contribution in [3.05, 3.63) is 29.8 Å². The number of nitrogens with zero attached hydrogens (tertiary/aromatic N) is 4. The number of aliphatic imine (C=N–C) groups is 1. The van der Waals surface area contributed by atoms with Crippen LogP contribution in [0.4, 0.5) is 5.69 Å². The molecule has 0 aliphatic carbocycles. The van der Waals surface area contributed by atoms with Gasteiger partial charge in [-0.25, -0.2) is 4.99 Å². The fourth-order valence-corrected chi connectivity index (χ4v) is 2.86. The van der Waals surface area contributed by atoms with Gasteiger partial charge < -0.3 is 24.8 Å². The fraction of sp³-hybridized carbons (Fsp3) is 0.600. The van der Waals surface area contributed by atoms with E-state index in [9.17, 15) is 4.79 Å². The van der Waals surface area contributed by atoms with E-state index in [0.717, 1.165) is 32.1 Å². The molecule has 1 aromatic carbocycles. The third-order valence-electron chi connectivity index (χ3n) is 4.64. The minimum absolute atomic E-state index is 0.0125. The summed E-state index contributed by atoms with van der Waals surface area (Å²) >= 11 is 0. The summed E-state index contributed by atoms with van der Waals surface area (Å²) in [7, 11) is 9.57. The molecule has 1 amide bonds. The molecule has 0 aromatic heterocycles. The number of nitrogens with one attached hydrogen (secondary N) is 1. The Balaban J connectivity index is 2.06. The first-order chi connectivity index (χ1) is 12.9. The highest BCUT2D eigenvalue weighted by molar-refractivity contribution is 5.84. The molecule has 27 heavy (non-hydrogen) atoms. The van der Waals surface area contributed by atoms with Crippen LogP contribution in [0.2, 0.25) is 0 Å². The second kappa shape index (κ2) is 10.2. The van der Waals surface area contributed by atoms with Crippen LogP contribution >= 0.6 is 0 Å². The van der Waals surface area contributed by atoms with E-state index in [2.05, 4.69) is 44.4 Å². The lowest BCUT2D eigenvalue weighted by molar-refractivity contribution is -0.127. The summed E-state index contributed by atoms with van der Waals surface area (Å²) in [5.74, 6) is 1.22. The van der Waals surface area contributed by atoms with Gasteiger partial charge in [0.2, 0.25) is 5.91 Å². The minimum Gasteiger partial charge on any atom is -0.381 e. The van der Waals surface area contributed by atoms with Crippen molar-refractivity contribution in [2.75, 3.05) is 66.4 Å². The summed E-state index contributed by atoms with van der Waals surface area (Å²) in [4.78, 5) is 22.2. The van der Waals surface area contributed by atoms with Crippen LogP contribution in [0, 0.1) is 5.92 Å². The SMILES string of the molecule is CN(C)C(=O)CN=C(NCC1CCOC1)N(C)Cc1cccc(N(C)C)c1. The van der Waals surface area contributed by atoms with Crippen molar-refractivity contribution < 1.29 is 9.53 Å². The van der Waals surface area contributed by atoms with E-state index < -0.39 is 0 Å². The van der Waals surface area contributed by atoms with E-state index in [4.69, 9.17) is 4.74 Å². The van der Waals surface area contributed by atoms with Gasteiger partial charge in [-0.3, -0.25) is 4.79 Å². The molecule has 1 saturated heterocycles. The Kier molecular flexibility index (Phi) is 7.91. The van der Waals surface area contributed by atoms with E-state index in [-0.39, 0.29) is 12.5 Å². The Morgan fingerprint density at radius 2 is 2.04 bits per heavy atom. The lowest BCUT2D eigenvalue weighted by atomic mass is 10.1. The number of hydrogen-bond acceptors (Lipinski definition) is 4. The summed E-state index contributed by atoms with van der Waals surface area (Å²) in [5, 5.41) is 3.43. The minimum atomic E-state index is -0.0125. The first-order valence-corrected chi connectivity index (χ1v) is 9.40. The Morgan fingerprint density at radius 1 is 1.26 bits per heavy atom. The van der Waals surface area contributed by atoms with Crippen molar-refractivity contribution in [2.45, 2.75) is 13.0 Å². The lowest BCUT2D eigenvalue weighted by Crippen LogP contribution is -2.41. The standard InChI is InChI=1S/C20H33N5O2/c1-23(2)18-8-6-7-16(11-18)14-25(5)20(22-13-19(26)24(3)4)21-12-17-9-10-27-15-17/h6-8,11,17H,9-10,12-15H2,1-5H3,(H,21,22). The topological polar surface area (TPSA) is 60.4 Å². The highest BCUT2D eigenvalue weighted by atomic mass is 16.5.